The van der Waals surface area contributed by atoms with Gasteiger partial charge in [0.2, 0.25) is 0 Å². The van der Waals surface area contributed by atoms with E-state index in [-0.39, 0.29) is 41.5 Å². The lowest BCUT2D eigenvalue weighted by Gasteiger charge is -2.19. The van der Waals surface area contributed by atoms with Crippen molar-refractivity contribution < 1.29 is 28.6 Å². The highest BCUT2D eigenvalue weighted by Crippen LogP contribution is 2.30. The second-order valence-electron chi connectivity index (χ2n) is 8.02. The fourth-order valence-corrected chi connectivity index (χ4v) is 3.07. The Kier molecular flexibility index (Phi) is 6.47. The molecule has 3 aromatic rings. The number of nitrogens with zero attached hydrogens (tertiary/aromatic N) is 3. The van der Waals surface area contributed by atoms with Crippen molar-refractivity contribution in [3.05, 3.63) is 42.0 Å². The summed E-state index contributed by atoms with van der Waals surface area (Å²) in [5, 5.41) is 15.5. The van der Waals surface area contributed by atoms with Crippen LogP contribution in [-0.4, -0.2) is 56.4 Å². The lowest BCUT2D eigenvalue weighted by Crippen LogP contribution is -2.35. The standard InChI is InChI=1S/C21H23FN6O5/c1-21(2,3)33-19(30)25-7-6-24-15-10-26-17(18(23)29)16(27-15)14-9-11-8-12(22)4-5-13(11)28(14)20(31)32/h4-5,8-10H,6-7H2,1-3H3,(H2,23,29)(H,24,27)(H,25,30)(H,31,32). The number of alkyl carbamates (subject to hydrolysis) is 1. The summed E-state index contributed by atoms with van der Waals surface area (Å²) in [4.78, 5) is 43.9. The van der Waals surface area contributed by atoms with Crippen LogP contribution in [0.3, 0.4) is 0 Å². The molecule has 2 aromatic heterocycles. The van der Waals surface area contributed by atoms with E-state index in [9.17, 15) is 23.9 Å². The Bertz CT molecular complexity index is 1230. The van der Waals surface area contributed by atoms with E-state index in [4.69, 9.17) is 10.5 Å². The zero-order valence-corrected chi connectivity index (χ0v) is 18.2. The zero-order valence-electron chi connectivity index (χ0n) is 18.2. The summed E-state index contributed by atoms with van der Waals surface area (Å²) < 4.78 is 19.7. The Morgan fingerprint density at radius 3 is 2.58 bits per heavy atom. The second-order valence-corrected chi connectivity index (χ2v) is 8.02. The predicted molar refractivity (Wildman–Crippen MR) is 118 cm³/mol. The molecule has 0 atom stereocenters. The van der Waals surface area contributed by atoms with Crippen molar-refractivity contribution in [2.75, 3.05) is 18.4 Å². The molecule has 12 heteroatoms. The molecular weight excluding hydrogens is 435 g/mol. The van der Waals surface area contributed by atoms with Crippen LogP contribution in [0.5, 0.6) is 0 Å². The minimum Gasteiger partial charge on any atom is -0.464 e. The highest BCUT2D eigenvalue weighted by atomic mass is 19.1. The molecule has 0 unspecified atom stereocenters. The Balaban J connectivity index is 1.89. The average molecular weight is 458 g/mol. The molecule has 1 aromatic carbocycles. The number of rotatable bonds is 6. The summed E-state index contributed by atoms with van der Waals surface area (Å²) in [5.41, 5.74) is 4.64. The summed E-state index contributed by atoms with van der Waals surface area (Å²) >= 11 is 0. The molecule has 0 aliphatic rings. The third-order valence-corrected chi connectivity index (χ3v) is 4.30. The Morgan fingerprint density at radius 1 is 1.21 bits per heavy atom. The van der Waals surface area contributed by atoms with Gasteiger partial charge in [0.05, 0.1) is 17.4 Å². The van der Waals surface area contributed by atoms with E-state index in [1.54, 1.807) is 20.8 Å². The number of benzene rings is 1. The number of carbonyl (C=O) groups excluding carboxylic acids is 2. The van der Waals surface area contributed by atoms with Crippen LogP contribution >= 0.6 is 0 Å². The number of nitrogens with two attached hydrogens (primary N) is 1. The van der Waals surface area contributed by atoms with Gasteiger partial charge in [-0.1, -0.05) is 0 Å². The first-order valence-corrected chi connectivity index (χ1v) is 9.88. The summed E-state index contributed by atoms with van der Waals surface area (Å²) in [6.45, 7) is 5.65. The number of amides is 2. The molecule has 0 radical (unpaired) electrons. The van der Waals surface area contributed by atoms with E-state index in [1.165, 1.54) is 24.4 Å². The number of ether oxygens (including phenoxy) is 1. The highest BCUT2D eigenvalue weighted by Gasteiger charge is 2.23. The molecule has 33 heavy (non-hydrogen) atoms. The molecule has 174 valence electrons. The fourth-order valence-electron chi connectivity index (χ4n) is 3.07. The average Bonchev–Trinajstić information content (AvgIpc) is 3.08. The highest BCUT2D eigenvalue weighted by molar-refractivity contribution is 6.01. The van der Waals surface area contributed by atoms with Crippen molar-refractivity contribution in [1.29, 1.82) is 0 Å². The first-order valence-electron chi connectivity index (χ1n) is 9.88. The maximum absolute atomic E-state index is 13.7. The predicted octanol–water partition coefficient (Wildman–Crippen LogP) is 2.80. The molecule has 5 N–H and O–H groups in total. The summed E-state index contributed by atoms with van der Waals surface area (Å²) in [7, 11) is 0. The van der Waals surface area contributed by atoms with E-state index in [0.717, 1.165) is 10.6 Å². The first-order chi connectivity index (χ1) is 15.5. The second kappa shape index (κ2) is 9.10. The Labute approximate surface area is 187 Å². The number of nitrogens with one attached hydrogen (secondary N) is 2. The number of hydrogen-bond acceptors (Lipinski definition) is 7. The number of aromatic nitrogens is 3. The van der Waals surface area contributed by atoms with Gasteiger partial charge < -0.3 is 26.2 Å². The fraction of sp³-hybridized carbons (Fsp3) is 0.286. The van der Waals surface area contributed by atoms with Gasteiger partial charge in [-0.2, -0.15) is 0 Å². The van der Waals surface area contributed by atoms with Crippen LogP contribution in [-0.2, 0) is 4.74 Å². The number of halogens is 1. The molecular formula is C21H23FN6O5. The van der Waals surface area contributed by atoms with Gasteiger partial charge in [0.15, 0.2) is 5.69 Å². The van der Waals surface area contributed by atoms with Crippen LogP contribution in [0.1, 0.15) is 31.3 Å². The first kappa shape index (κ1) is 23.4. The molecule has 11 nitrogen and oxygen atoms in total. The van der Waals surface area contributed by atoms with Crippen molar-refractivity contribution in [3.8, 4) is 11.4 Å². The monoisotopic (exact) mass is 458 g/mol. The lowest BCUT2D eigenvalue weighted by atomic mass is 10.2. The van der Waals surface area contributed by atoms with Crippen molar-refractivity contribution in [3.63, 3.8) is 0 Å². The lowest BCUT2D eigenvalue weighted by molar-refractivity contribution is 0.0529. The molecule has 0 aliphatic heterocycles. The molecule has 2 heterocycles. The van der Waals surface area contributed by atoms with Crippen molar-refractivity contribution in [2.45, 2.75) is 26.4 Å². The van der Waals surface area contributed by atoms with Gasteiger partial charge in [-0.3, -0.25) is 4.79 Å². The van der Waals surface area contributed by atoms with Crippen LogP contribution in [0.2, 0.25) is 0 Å². The van der Waals surface area contributed by atoms with Gasteiger partial charge in [0, 0.05) is 18.5 Å². The molecule has 0 saturated heterocycles. The number of anilines is 1. The van der Waals surface area contributed by atoms with Crippen LogP contribution in [0.25, 0.3) is 22.3 Å². The molecule has 3 rings (SSSR count). The SMILES string of the molecule is CC(C)(C)OC(=O)NCCNc1cnc(C(N)=O)c(-c2cc3cc(F)ccc3n2C(=O)O)n1. The summed E-state index contributed by atoms with van der Waals surface area (Å²) in [6.07, 6.45) is -0.688. The van der Waals surface area contributed by atoms with Crippen LogP contribution in [0, 0.1) is 5.82 Å². The van der Waals surface area contributed by atoms with E-state index in [2.05, 4.69) is 20.6 Å². The van der Waals surface area contributed by atoms with Crippen molar-refractivity contribution >= 4 is 34.8 Å². The number of carboxylic acid groups (broad SMARTS) is 1. The largest absolute Gasteiger partial charge is 0.464 e. The van der Waals surface area contributed by atoms with Crippen LogP contribution in [0.15, 0.2) is 30.5 Å². The van der Waals surface area contributed by atoms with Gasteiger partial charge in [-0.05, 0) is 45.0 Å². The number of hydrogen-bond donors (Lipinski definition) is 4. The Hall–Kier alpha value is -4.22. The smallest absolute Gasteiger partial charge is 0.416 e. The maximum atomic E-state index is 13.7. The third kappa shape index (κ3) is 5.53. The zero-order chi connectivity index (χ0) is 24.3. The van der Waals surface area contributed by atoms with Gasteiger partial charge in [0.25, 0.3) is 5.91 Å². The summed E-state index contributed by atoms with van der Waals surface area (Å²) in [5.74, 6) is -1.26. The number of carbonyl (C=O) groups is 3. The minimum atomic E-state index is -1.36. The van der Waals surface area contributed by atoms with Crippen molar-refractivity contribution in [1.82, 2.24) is 19.9 Å². The topological polar surface area (TPSA) is 161 Å². The molecule has 0 bridgehead atoms. The molecule has 0 aliphatic carbocycles. The van der Waals surface area contributed by atoms with Crippen molar-refractivity contribution in [2.24, 2.45) is 5.73 Å². The van der Waals surface area contributed by atoms with Gasteiger partial charge in [-0.25, -0.2) is 28.5 Å². The van der Waals surface area contributed by atoms with Gasteiger partial charge in [-0.15, -0.1) is 0 Å². The van der Waals surface area contributed by atoms with Crippen LogP contribution in [0.4, 0.5) is 19.8 Å². The van der Waals surface area contributed by atoms with E-state index >= 15 is 0 Å². The summed E-state index contributed by atoms with van der Waals surface area (Å²) in [6, 6.07) is 4.99. The quantitative estimate of drug-likeness (QED) is 0.410. The normalized spacial score (nSPS) is 11.3. The molecule has 2 amide bonds. The molecule has 0 spiro atoms. The molecule has 0 fully saturated rings. The van der Waals surface area contributed by atoms with Gasteiger partial charge in [0.1, 0.15) is 22.9 Å². The van der Waals surface area contributed by atoms with Crippen LogP contribution < -0.4 is 16.4 Å². The maximum Gasteiger partial charge on any atom is 0.416 e. The minimum absolute atomic E-state index is 0.0000648. The molecule has 0 saturated carbocycles. The Morgan fingerprint density at radius 2 is 1.94 bits per heavy atom. The van der Waals surface area contributed by atoms with E-state index in [0.29, 0.717) is 5.39 Å². The number of fused-ring (bicyclic) bond motifs is 1. The van der Waals surface area contributed by atoms with Gasteiger partial charge >= 0.3 is 12.2 Å². The number of primary amides is 1. The third-order valence-electron chi connectivity index (χ3n) is 4.30. The van der Waals surface area contributed by atoms with E-state index < -0.39 is 29.5 Å². The van der Waals surface area contributed by atoms with E-state index in [1.807, 2.05) is 0 Å².